The predicted octanol–water partition coefficient (Wildman–Crippen LogP) is 1.24. The molecule has 2 aromatic heterocycles. The number of fused-ring (bicyclic) bond motifs is 1. The molecule has 1 atom stereocenters. The van der Waals surface area contributed by atoms with Crippen LogP contribution in [0.5, 0.6) is 0 Å². The Morgan fingerprint density at radius 3 is 2.92 bits per heavy atom. The predicted molar refractivity (Wildman–Crippen MR) is 91.6 cm³/mol. The van der Waals surface area contributed by atoms with Gasteiger partial charge in [-0.3, -0.25) is 0 Å². The second kappa shape index (κ2) is 6.95. The third kappa shape index (κ3) is 3.53. The van der Waals surface area contributed by atoms with Crippen molar-refractivity contribution in [1.82, 2.24) is 15.0 Å². The van der Waals surface area contributed by atoms with Gasteiger partial charge in [0.05, 0.1) is 6.61 Å². The van der Waals surface area contributed by atoms with Gasteiger partial charge in [0, 0.05) is 36.8 Å². The van der Waals surface area contributed by atoms with Gasteiger partial charge in [0.2, 0.25) is 5.95 Å². The Morgan fingerprint density at radius 1 is 1.46 bits per heavy atom. The molecule has 8 nitrogen and oxygen atoms in total. The summed E-state index contributed by atoms with van der Waals surface area (Å²) in [6.07, 6.45) is 3.55. The number of ether oxygens (including phenoxy) is 1. The molecule has 24 heavy (non-hydrogen) atoms. The maximum atomic E-state index is 9.17. The highest BCUT2D eigenvalue weighted by molar-refractivity contribution is 5.89. The van der Waals surface area contributed by atoms with Gasteiger partial charge in [0.25, 0.3) is 0 Å². The van der Waals surface area contributed by atoms with Gasteiger partial charge in [-0.15, -0.1) is 0 Å². The SMILES string of the molecule is COC[C@H](C)Nc1nc(C#N)cc2cnc(NC3CC(N)C3)nc12. The lowest BCUT2D eigenvalue weighted by Crippen LogP contribution is -2.44. The highest BCUT2D eigenvalue weighted by Gasteiger charge is 2.26. The molecule has 0 bridgehead atoms. The van der Waals surface area contributed by atoms with Crippen molar-refractivity contribution in [2.45, 2.75) is 37.9 Å². The van der Waals surface area contributed by atoms with Crippen molar-refractivity contribution < 1.29 is 4.74 Å². The Balaban J connectivity index is 1.91. The molecule has 0 aliphatic heterocycles. The number of nitrogens with zero attached hydrogens (tertiary/aromatic N) is 4. The summed E-state index contributed by atoms with van der Waals surface area (Å²) in [6.45, 7) is 2.50. The summed E-state index contributed by atoms with van der Waals surface area (Å²) in [7, 11) is 1.64. The number of methoxy groups -OCH3 is 1. The maximum absolute atomic E-state index is 9.17. The summed E-state index contributed by atoms with van der Waals surface area (Å²) < 4.78 is 5.14. The lowest BCUT2D eigenvalue weighted by atomic mass is 9.88. The van der Waals surface area contributed by atoms with Crippen molar-refractivity contribution in [1.29, 1.82) is 5.26 Å². The molecule has 4 N–H and O–H groups in total. The molecule has 1 fully saturated rings. The highest BCUT2D eigenvalue weighted by Crippen LogP contribution is 2.25. The van der Waals surface area contributed by atoms with Crippen molar-refractivity contribution in [3.8, 4) is 6.07 Å². The molecule has 2 aromatic rings. The molecule has 8 heteroatoms. The van der Waals surface area contributed by atoms with Crippen LogP contribution < -0.4 is 16.4 Å². The first-order chi connectivity index (χ1) is 11.6. The lowest BCUT2D eigenvalue weighted by Gasteiger charge is -2.32. The fourth-order valence-electron chi connectivity index (χ4n) is 2.75. The lowest BCUT2D eigenvalue weighted by molar-refractivity contribution is 0.190. The zero-order valence-corrected chi connectivity index (χ0v) is 13.8. The summed E-state index contributed by atoms with van der Waals surface area (Å²) in [5.74, 6) is 1.11. The van der Waals surface area contributed by atoms with Gasteiger partial charge in [-0.2, -0.15) is 5.26 Å². The molecule has 1 aliphatic rings. The molecule has 0 unspecified atom stereocenters. The molecule has 0 saturated heterocycles. The van der Waals surface area contributed by atoms with E-state index in [2.05, 4.69) is 31.7 Å². The summed E-state index contributed by atoms with van der Waals surface area (Å²) in [5, 5.41) is 16.5. The molecular formula is C16H21N7O. The van der Waals surface area contributed by atoms with Crippen molar-refractivity contribution >= 4 is 22.7 Å². The van der Waals surface area contributed by atoms with Crippen LogP contribution in [0.2, 0.25) is 0 Å². The van der Waals surface area contributed by atoms with Crippen LogP contribution in [0.25, 0.3) is 10.9 Å². The zero-order chi connectivity index (χ0) is 17.1. The quantitative estimate of drug-likeness (QED) is 0.724. The number of nitrogens with one attached hydrogen (secondary N) is 2. The first-order valence-corrected chi connectivity index (χ1v) is 7.94. The van der Waals surface area contributed by atoms with Gasteiger partial charge in [-0.25, -0.2) is 15.0 Å². The number of anilines is 2. The first kappa shape index (κ1) is 16.4. The van der Waals surface area contributed by atoms with Gasteiger partial charge in [-0.05, 0) is 25.8 Å². The minimum Gasteiger partial charge on any atom is -0.383 e. The second-order valence-electron chi connectivity index (χ2n) is 6.17. The summed E-state index contributed by atoms with van der Waals surface area (Å²) in [5.41, 5.74) is 6.81. The maximum Gasteiger partial charge on any atom is 0.223 e. The third-order valence-corrected chi connectivity index (χ3v) is 3.99. The van der Waals surface area contributed by atoms with Gasteiger partial charge < -0.3 is 21.1 Å². The molecule has 1 saturated carbocycles. The fourth-order valence-corrected chi connectivity index (χ4v) is 2.75. The largest absolute Gasteiger partial charge is 0.383 e. The van der Waals surface area contributed by atoms with E-state index in [0.717, 1.165) is 18.2 Å². The van der Waals surface area contributed by atoms with Crippen molar-refractivity contribution in [3.05, 3.63) is 18.0 Å². The number of nitriles is 1. The van der Waals surface area contributed by atoms with Gasteiger partial charge in [-0.1, -0.05) is 0 Å². The van der Waals surface area contributed by atoms with E-state index in [1.165, 1.54) is 0 Å². The summed E-state index contributed by atoms with van der Waals surface area (Å²) >= 11 is 0. The average Bonchev–Trinajstić information content (AvgIpc) is 2.53. The van der Waals surface area contributed by atoms with Crippen LogP contribution in [0.15, 0.2) is 12.3 Å². The van der Waals surface area contributed by atoms with Crippen molar-refractivity contribution in [2.75, 3.05) is 24.4 Å². The van der Waals surface area contributed by atoms with Gasteiger partial charge in [0.1, 0.15) is 17.3 Å². The minimum absolute atomic E-state index is 0.0376. The second-order valence-corrected chi connectivity index (χ2v) is 6.17. The van der Waals surface area contributed by atoms with Gasteiger partial charge in [0.15, 0.2) is 5.82 Å². The van der Waals surface area contributed by atoms with Crippen LogP contribution in [-0.4, -0.2) is 46.8 Å². The molecule has 0 amide bonds. The molecule has 3 rings (SSSR count). The van der Waals surface area contributed by atoms with Crippen molar-refractivity contribution in [3.63, 3.8) is 0 Å². The highest BCUT2D eigenvalue weighted by atomic mass is 16.5. The molecule has 0 aromatic carbocycles. The molecule has 126 valence electrons. The first-order valence-electron chi connectivity index (χ1n) is 7.94. The minimum atomic E-state index is 0.0376. The smallest absolute Gasteiger partial charge is 0.223 e. The van der Waals surface area contributed by atoms with Crippen LogP contribution in [0.3, 0.4) is 0 Å². The molecule has 1 aliphatic carbocycles. The number of hydrogen-bond acceptors (Lipinski definition) is 8. The van der Waals surface area contributed by atoms with Crippen LogP contribution in [0.4, 0.5) is 11.8 Å². The number of nitrogens with two attached hydrogens (primary N) is 1. The Morgan fingerprint density at radius 2 is 2.25 bits per heavy atom. The van der Waals surface area contributed by atoms with E-state index in [9.17, 15) is 0 Å². The average molecular weight is 327 g/mol. The van der Waals surface area contributed by atoms with E-state index in [1.54, 1.807) is 19.4 Å². The molecule has 0 spiro atoms. The van der Waals surface area contributed by atoms with E-state index >= 15 is 0 Å². The third-order valence-electron chi connectivity index (χ3n) is 3.99. The van der Waals surface area contributed by atoms with Crippen LogP contribution in [0.1, 0.15) is 25.5 Å². The van der Waals surface area contributed by atoms with E-state index < -0.39 is 0 Å². The molecule has 0 radical (unpaired) electrons. The Hall–Kier alpha value is -2.50. The van der Waals surface area contributed by atoms with Crippen LogP contribution in [-0.2, 0) is 4.74 Å². The number of rotatable bonds is 6. The normalized spacial score (nSPS) is 20.9. The summed E-state index contributed by atoms with van der Waals surface area (Å²) in [4.78, 5) is 13.2. The van der Waals surface area contributed by atoms with E-state index in [1.807, 2.05) is 6.92 Å². The summed E-state index contributed by atoms with van der Waals surface area (Å²) in [6, 6.07) is 4.36. The Labute approximate surface area is 140 Å². The Bertz CT molecular complexity index is 767. The van der Waals surface area contributed by atoms with Crippen LogP contribution >= 0.6 is 0 Å². The van der Waals surface area contributed by atoms with Gasteiger partial charge >= 0.3 is 0 Å². The van der Waals surface area contributed by atoms with Crippen molar-refractivity contribution in [2.24, 2.45) is 5.73 Å². The topological polar surface area (TPSA) is 122 Å². The number of aromatic nitrogens is 3. The van der Waals surface area contributed by atoms with E-state index in [0.29, 0.717) is 35.6 Å². The van der Waals surface area contributed by atoms with Crippen LogP contribution in [0, 0.1) is 11.3 Å². The zero-order valence-electron chi connectivity index (χ0n) is 13.8. The van der Waals surface area contributed by atoms with E-state index in [-0.39, 0.29) is 12.1 Å². The molecular weight excluding hydrogens is 306 g/mol. The fraction of sp³-hybridized carbons (Fsp3) is 0.500. The van der Waals surface area contributed by atoms with E-state index in [4.69, 9.17) is 15.7 Å². The molecule has 2 heterocycles. The Kier molecular flexibility index (Phi) is 4.74. The number of pyridine rings is 1. The standard InChI is InChI=1S/C16H21N7O/c1-9(8-24-2)20-15-14-10(3-13(6-17)21-15)7-19-16(23-14)22-12-4-11(18)5-12/h3,7,9,11-12H,4-5,8,18H2,1-2H3,(H,20,21)(H,19,22,23)/t9-,11?,12?/m0/s1. The monoisotopic (exact) mass is 327 g/mol. The number of hydrogen-bond donors (Lipinski definition) is 3.